The minimum absolute atomic E-state index is 0.0806. The van der Waals surface area contributed by atoms with E-state index >= 15 is 0 Å². The molecule has 16 heteroatoms. The van der Waals surface area contributed by atoms with Crippen LogP contribution < -0.4 is 22.1 Å². The Bertz CT molecular complexity index is 504. The van der Waals surface area contributed by atoms with Crippen LogP contribution in [-0.2, 0) is 43.0 Å². The van der Waals surface area contributed by atoms with Crippen LogP contribution in [0.15, 0.2) is 0 Å². The zero-order valence-corrected chi connectivity index (χ0v) is 16.7. The molecule has 0 spiro atoms. The summed E-state index contributed by atoms with van der Waals surface area (Å²) in [6, 6.07) is 0. The molecular formula is C15H28N4O12. The average molecular weight is 456 g/mol. The molecule has 0 saturated carbocycles. The van der Waals surface area contributed by atoms with E-state index in [0.717, 1.165) is 0 Å². The first kappa shape index (κ1) is 32.3. The van der Waals surface area contributed by atoms with Crippen LogP contribution in [0, 0.1) is 0 Å². The molecule has 0 fully saturated rings. The van der Waals surface area contributed by atoms with E-state index in [2.05, 4.69) is 36.3 Å². The second kappa shape index (κ2) is 22.9. The molecule has 0 aliphatic carbocycles. The van der Waals surface area contributed by atoms with Gasteiger partial charge >= 0.3 is 17.9 Å². The van der Waals surface area contributed by atoms with Gasteiger partial charge in [0.05, 0.1) is 25.9 Å². The molecule has 180 valence electrons. The van der Waals surface area contributed by atoms with Gasteiger partial charge in [-0.2, -0.15) is 0 Å². The molecule has 0 rings (SSSR count). The summed E-state index contributed by atoms with van der Waals surface area (Å²) < 4.78 is 13.2. The van der Waals surface area contributed by atoms with Crippen molar-refractivity contribution in [2.24, 2.45) is 11.5 Å². The van der Waals surface area contributed by atoms with Gasteiger partial charge in [0.2, 0.25) is 0 Å². The van der Waals surface area contributed by atoms with Crippen LogP contribution in [0.4, 0.5) is 0 Å². The van der Waals surface area contributed by atoms with Crippen molar-refractivity contribution < 1.29 is 58.3 Å². The Labute approximate surface area is 176 Å². The molecule has 0 saturated heterocycles. The van der Waals surface area contributed by atoms with Crippen molar-refractivity contribution in [1.29, 1.82) is 0 Å². The number of hydrogen-bond acceptors (Lipinski definition) is 13. The zero-order valence-electron chi connectivity index (χ0n) is 16.7. The van der Waals surface area contributed by atoms with Crippen LogP contribution in [0.3, 0.4) is 0 Å². The number of carboxylic acids is 3. The summed E-state index contributed by atoms with van der Waals surface area (Å²) in [5.41, 5.74) is 9.25. The Morgan fingerprint density at radius 1 is 0.774 bits per heavy atom. The second-order valence-electron chi connectivity index (χ2n) is 5.10. The molecule has 0 heterocycles. The van der Waals surface area contributed by atoms with Crippen LogP contribution in [0.2, 0.25) is 0 Å². The van der Waals surface area contributed by atoms with Crippen molar-refractivity contribution in [2.45, 2.75) is 44.7 Å². The van der Waals surface area contributed by atoms with Gasteiger partial charge in [-0.15, -0.1) is 0 Å². The molecule has 3 atom stereocenters. The van der Waals surface area contributed by atoms with Crippen LogP contribution in [0.25, 0.3) is 0 Å². The quantitative estimate of drug-likeness (QED) is 0.0690. The Morgan fingerprint density at radius 3 is 1.35 bits per heavy atom. The Morgan fingerprint density at radius 2 is 1.10 bits per heavy atom. The van der Waals surface area contributed by atoms with E-state index in [-0.39, 0.29) is 39.2 Å². The fraction of sp³-hybridized carbons (Fsp3) is 0.600. The molecule has 0 radical (unpaired) electrons. The first-order chi connectivity index (χ1) is 14.6. The molecule has 9 N–H and O–H groups in total. The highest BCUT2D eigenvalue weighted by Gasteiger charge is 2.16. The van der Waals surface area contributed by atoms with E-state index in [1.807, 2.05) is 0 Å². The maximum Gasteiger partial charge on any atom is 0.308 e. The van der Waals surface area contributed by atoms with Crippen LogP contribution in [-0.4, -0.2) is 84.5 Å². The third kappa shape index (κ3) is 29.0. The van der Waals surface area contributed by atoms with Gasteiger partial charge in [0.25, 0.3) is 19.4 Å². The Kier molecular flexibility index (Phi) is 23.9. The lowest BCUT2D eigenvalue weighted by atomic mass is 10.3. The fourth-order valence-corrected chi connectivity index (χ4v) is 1.46. The zero-order chi connectivity index (χ0) is 24.7. The fourth-order valence-electron chi connectivity index (χ4n) is 1.46. The minimum Gasteiger partial charge on any atom is -0.481 e. The maximum atomic E-state index is 10.4. The SMILES string of the molecule is CC(CC(=O)O)OC=O.NCN.O=COC(CC(=O)O)NCNC(CC(=O)O)OC=O. The summed E-state index contributed by atoms with van der Waals surface area (Å²) in [6.07, 6.45) is -3.77. The van der Waals surface area contributed by atoms with Gasteiger partial charge < -0.3 is 41.0 Å². The summed E-state index contributed by atoms with van der Waals surface area (Å²) in [4.78, 5) is 60.6. The molecule has 0 aromatic heterocycles. The van der Waals surface area contributed by atoms with Crippen LogP contribution >= 0.6 is 0 Å². The van der Waals surface area contributed by atoms with Crippen molar-refractivity contribution in [1.82, 2.24) is 10.6 Å². The monoisotopic (exact) mass is 456 g/mol. The largest absolute Gasteiger partial charge is 0.481 e. The molecule has 0 aliphatic rings. The van der Waals surface area contributed by atoms with Crippen molar-refractivity contribution >= 4 is 37.3 Å². The van der Waals surface area contributed by atoms with E-state index in [1.165, 1.54) is 6.92 Å². The number of nitrogens with one attached hydrogen (secondary N) is 2. The molecule has 0 aromatic carbocycles. The van der Waals surface area contributed by atoms with Gasteiger partial charge in [-0.3, -0.25) is 39.4 Å². The maximum absolute atomic E-state index is 10.4. The van der Waals surface area contributed by atoms with E-state index in [0.29, 0.717) is 0 Å². The number of rotatable bonds is 16. The lowest BCUT2D eigenvalue weighted by Crippen LogP contribution is -2.45. The average Bonchev–Trinajstić information content (AvgIpc) is 2.61. The number of carbonyl (C=O) groups excluding carboxylic acids is 3. The molecule has 0 amide bonds. The van der Waals surface area contributed by atoms with E-state index < -0.39 is 49.3 Å². The molecule has 31 heavy (non-hydrogen) atoms. The van der Waals surface area contributed by atoms with Crippen molar-refractivity contribution in [3.8, 4) is 0 Å². The van der Waals surface area contributed by atoms with E-state index in [9.17, 15) is 28.8 Å². The lowest BCUT2D eigenvalue weighted by molar-refractivity contribution is -0.146. The van der Waals surface area contributed by atoms with Crippen LogP contribution in [0.1, 0.15) is 26.2 Å². The summed E-state index contributed by atoms with van der Waals surface area (Å²) in [7, 11) is 0. The summed E-state index contributed by atoms with van der Waals surface area (Å²) in [5.74, 6) is -3.35. The summed E-state index contributed by atoms with van der Waals surface area (Å²) in [6.45, 7) is 2.04. The third-order valence-electron chi connectivity index (χ3n) is 2.57. The Balaban J connectivity index is -0.000000542. The predicted molar refractivity (Wildman–Crippen MR) is 99.6 cm³/mol. The number of nitrogens with two attached hydrogens (primary N) is 2. The van der Waals surface area contributed by atoms with Gasteiger partial charge in [-0.25, -0.2) is 0 Å². The van der Waals surface area contributed by atoms with Gasteiger partial charge in [0.1, 0.15) is 6.10 Å². The normalized spacial score (nSPS) is 12.1. The van der Waals surface area contributed by atoms with E-state index in [4.69, 9.17) is 15.3 Å². The van der Waals surface area contributed by atoms with Gasteiger partial charge in [0, 0.05) is 6.67 Å². The molecule has 0 bridgehead atoms. The highest BCUT2D eigenvalue weighted by atomic mass is 16.5. The van der Waals surface area contributed by atoms with Crippen molar-refractivity contribution in [3.05, 3.63) is 0 Å². The van der Waals surface area contributed by atoms with Crippen molar-refractivity contribution in [3.63, 3.8) is 0 Å². The summed E-state index contributed by atoms with van der Waals surface area (Å²) in [5, 5.41) is 30.1. The smallest absolute Gasteiger partial charge is 0.308 e. The van der Waals surface area contributed by atoms with E-state index in [1.54, 1.807) is 0 Å². The number of aliphatic carboxylic acids is 3. The Hall–Kier alpha value is -3.34. The standard InChI is InChI=1S/C9H14N2O8.C5H8O4.CH6N2/c12-4-18-6(1-8(14)15)10-3-11-7(19-5-13)2-9(16)17;1-4(9-3-6)2-5(7)8;2-1-3/h4-7,10-11H,1-3H2,(H,14,15)(H,16,17);3-4H,2H2,1H3,(H,7,8);1-3H2. The third-order valence-corrected chi connectivity index (χ3v) is 2.57. The molecule has 0 aliphatic heterocycles. The molecule has 0 aromatic rings. The van der Waals surface area contributed by atoms with Gasteiger partial charge in [-0.1, -0.05) is 0 Å². The number of hydrogen-bond donors (Lipinski definition) is 7. The molecule has 3 unspecified atom stereocenters. The van der Waals surface area contributed by atoms with Gasteiger partial charge in [-0.05, 0) is 6.92 Å². The predicted octanol–water partition coefficient (Wildman–Crippen LogP) is -3.05. The van der Waals surface area contributed by atoms with Crippen molar-refractivity contribution in [2.75, 3.05) is 13.3 Å². The highest BCUT2D eigenvalue weighted by Crippen LogP contribution is 1.95. The minimum atomic E-state index is -1.19. The lowest BCUT2D eigenvalue weighted by Gasteiger charge is -2.18. The number of carboxylic acid groups (broad SMARTS) is 3. The first-order valence-corrected chi connectivity index (χ1v) is 8.37. The second-order valence-corrected chi connectivity index (χ2v) is 5.10. The summed E-state index contributed by atoms with van der Waals surface area (Å²) >= 11 is 0. The number of ether oxygens (including phenoxy) is 3. The topological polar surface area (TPSA) is 267 Å². The highest BCUT2D eigenvalue weighted by molar-refractivity contribution is 5.68. The van der Waals surface area contributed by atoms with Gasteiger partial charge in [0.15, 0.2) is 12.5 Å². The van der Waals surface area contributed by atoms with Crippen LogP contribution in [0.5, 0.6) is 0 Å². The molecule has 16 nitrogen and oxygen atoms in total. The first-order valence-electron chi connectivity index (χ1n) is 8.37. The number of carbonyl (C=O) groups is 6. The molecular weight excluding hydrogens is 428 g/mol.